The molecule has 2 aromatic rings. The summed E-state index contributed by atoms with van der Waals surface area (Å²) in [6, 6.07) is 1.98. The number of alkyl halides is 2. The molecule has 0 spiro atoms. The Morgan fingerprint density at radius 1 is 1.45 bits per heavy atom. The topological polar surface area (TPSA) is 91.1 Å². The van der Waals surface area contributed by atoms with Crippen LogP contribution in [0, 0.1) is 6.92 Å². The highest BCUT2D eigenvalue weighted by atomic mass is 35.5. The molecule has 0 aliphatic rings. The molecule has 10 heteroatoms. The molecule has 1 N–H and O–H groups in total. The summed E-state index contributed by atoms with van der Waals surface area (Å²) in [5.74, 6) is -0.494. The molecule has 1 aromatic carbocycles. The van der Waals surface area contributed by atoms with Crippen LogP contribution in [0.4, 0.5) is 14.8 Å². The van der Waals surface area contributed by atoms with Crippen molar-refractivity contribution >= 4 is 34.7 Å². The smallest absolute Gasteiger partial charge is 0.322 e. The van der Waals surface area contributed by atoms with Crippen LogP contribution in [0.1, 0.15) is 28.2 Å². The molecule has 0 aliphatic carbocycles. The Morgan fingerprint density at radius 2 is 2.14 bits per heavy atom. The molecule has 0 unspecified atom stereocenters. The second-order valence-electron chi connectivity index (χ2n) is 4.18. The van der Waals surface area contributed by atoms with Crippen LogP contribution in [0.5, 0.6) is 0 Å². The number of benzene rings is 1. The summed E-state index contributed by atoms with van der Waals surface area (Å²) in [5.41, 5.74) is -0.594. The number of amides is 1. The summed E-state index contributed by atoms with van der Waals surface area (Å²) in [4.78, 5) is 11.8. The zero-order chi connectivity index (χ0) is 16.4. The second-order valence-corrected chi connectivity index (χ2v) is 5.88. The molecule has 0 fully saturated rings. The van der Waals surface area contributed by atoms with Gasteiger partial charge in [-0.05, 0) is 23.3 Å². The monoisotopic (exact) mass is 349 g/mol. The first-order valence-electron chi connectivity index (χ1n) is 5.86. The molecule has 6 nitrogen and oxygen atoms in total. The maximum Gasteiger partial charge on any atom is 0.322 e. The normalized spacial score (nSPS) is 12.5. The van der Waals surface area contributed by atoms with E-state index in [1.54, 1.807) is 0 Å². The fourth-order valence-corrected chi connectivity index (χ4v) is 3.16. The number of hydrogen-bond donors (Lipinski definition) is 1. The van der Waals surface area contributed by atoms with Gasteiger partial charge in [-0.2, -0.15) is 0 Å². The molecule has 0 bridgehead atoms. The predicted molar refractivity (Wildman–Crippen MR) is 75.7 cm³/mol. The van der Waals surface area contributed by atoms with E-state index >= 15 is 0 Å². The Hall–Kier alpha value is -1.71. The molecule has 118 valence electrons. The van der Waals surface area contributed by atoms with Crippen molar-refractivity contribution in [3.63, 3.8) is 0 Å². The van der Waals surface area contributed by atoms with Gasteiger partial charge in [0.2, 0.25) is 5.89 Å². The molecular formula is C12H10ClF2N3O3S. The first kappa shape index (κ1) is 16.7. The molecule has 1 amide bonds. The maximum absolute atomic E-state index is 12.9. The number of hydrogen-bond acceptors (Lipinski definition) is 5. The number of aryl methyl sites for hydroxylation is 1. The number of carbonyl (C=O) groups excluding carboxylic acids is 1. The van der Waals surface area contributed by atoms with E-state index < -0.39 is 29.1 Å². The molecule has 22 heavy (non-hydrogen) atoms. The van der Waals surface area contributed by atoms with Crippen molar-refractivity contribution in [2.75, 3.05) is 11.6 Å². The Morgan fingerprint density at radius 3 is 2.64 bits per heavy atom. The van der Waals surface area contributed by atoms with Gasteiger partial charge >= 0.3 is 6.01 Å². The highest BCUT2D eigenvalue weighted by Crippen LogP contribution is 2.34. The van der Waals surface area contributed by atoms with E-state index in [-0.39, 0.29) is 27.4 Å². The second kappa shape index (κ2) is 6.59. The molecule has 0 saturated carbocycles. The molecule has 1 heterocycles. The van der Waals surface area contributed by atoms with Crippen LogP contribution in [0.15, 0.2) is 21.4 Å². The Kier molecular flexibility index (Phi) is 4.99. The lowest BCUT2D eigenvalue weighted by Gasteiger charge is -2.14. The lowest BCUT2D eigenvalue weighted by atomic mass is 10.1. The number of halogens is 3. The molecule has 1 atom stereocenters. The van der Waals surface area contributed by atoms with Gasteiger partial charge in [-0.25, -0.2) is 8.78 Å². The van der Waals surface area contributed by atoms with Crippen molar-refractivity contribution < 1.29 is 22.5 Å². The minimum Gasteiger partial charge on any atom is -0.612 e. The average Bonchev–Trinajstić information content (AvgIpc) is 2.82. The highest BCUT2D eigenvalue weighted by molar-refractivity contribution is 7.90. The minimum absolute atomic E-state index is 0.118. The molecule has 0 saturated heterocycles. The fourth-order valence-electron chi connectivity index (χ4n) is 1.72. The maximum atomic E-state index is 12.9. The molecule has 2 rings (SSSR count). The van der Waals surface area contributed by atoms with Crippen molar-refractivity contribution in [3.8, 4) is 0 Å². The Bertz CT molecular complexity index is 709. The third-order valence-corrected chi connectivity index (χ3v) is 4.16. The van der Waals surface area contributed by atoms with E-state index in [0.29, 0.717) is 0 Å². The van der Waals surface area contributed by atoms with Gasteiger partial charge < -0.3 is 8.97 Å². The van der Waals surface area contributed by atoms with E-state index in [1.807, 2.05) is 0 Å². The van der Waals surface area contributed by atoms with Crippen molar-refractivity contribution in [2.24, 2.45) is 0 Å². The lowest BCUT2D eigenvalue weighted by molar-refractivity contribution is 0.102. The number of nitrogens with one attached hydrogen (secondary N) is 1. The number of rotatable bonds is 4. The summed E-state index contributed by atoms with van der Waals surface area (Å²) in [7, 11) is 0. The number of aromatic nitrogens is 2. The number of carbonyl (C=O) groups is 1. The van der Waals surface area contributed by atoms with Crippen LogP contribution in [0.2, 0.25) is 5.02 Å². The van der Waals surface area contributed by atoms with Crippen LogP contribution in [-0.4, -0.2) is 26.9 Å². The summed E-state index contributed by atoms with van der Waals surface area (Å²) in [6.07, 6.45) is -1.65. The quantitative estimate of drug-likeness (QED) is 0.857. The van der Waals surface area contributed by atoms with E-state index in [1.165, 1.54) is 13.2 Å². The van der Waals surface area contributed by atoms with Crippen molar-refractivity contribution in [1.29, 1.82) is 0 Å². The van der Waals surface area contributed by atoms with E-state index in [0.717, 1.165) is 12.1 Å². The van der Waals surface area contributed by atoms with Crippen LogP contribution >= 0.6 is 11.6 Å². The molecular weight excluding hydrogens is 340 g/mol. The van der Waals surface area contributed by atoms with E-state index in [9.17, 15) is 18.1 Å². The minimum atomic E-state index is -2.85. The first-order chi connectivity index (χ1) is 10.3. The van der Waals surface area contributed by atoms with E-state index in [4.69, 9.17) is 16.0 Å². The largest absolute Gasteiger partial charge is 0.612 e. The van der Waals surface area contributed by atoms with Gasteiger partial charge in [0.15, 0.2) is 4.90 Å². The van der Waals surface area contributed by atoms with Gasteiger partial charge in [0.1, 0.15) is 11.3 Å². The lowest BCUT2D eigenvalue weighted by Crippen LogP contribution is -2.15. The SMILES string of the molecule is Cc1nnc(NC(=O)c2ccc(C(F)F)c([S@+](C)[O-])c2Cl)o1. The molecule has 0 aliphatic heterocycles. The third kappa shape index (κ3) is 3.37. The van der Waals surface area contributed by atoms with Gasteiger partial charge in [-0.3, -0.25) is 10.1 Å². The van der Waals surface area contributed by atoms with Crippen molar-refractivity contribution in [3.05, 3.63) is 34.2 Å². The zero-order valence-electron chi connectivity index (χ0n) is 11.4. The summed E-state index contributed by atoms with van der Waals surface area (Å²) >= 11 is 4.18. The van der Waals surface area contributed by atoms with Crippen LogP contribution in [0.3, 0.4) is 0 Å². The number of anilines is 1. The fraction of sp³-hybridized carbons (Fsp3) is 0.250. The molecule has 0 radical (unpaired) electrons. The number of nitrogens with zero attached hydrogens (tertiary/aromatic N) is 2. The summed E-state index contributed by atoms with van der Waals surface area (Å²) in [6.45, 7) is 1.53. The van der Waals surface area contributed by atoms with Gasteiger partial charge in [0.05, 0.1) is 11.1 Å². The van der Waals surface area contributed by atoms with Crippen LogP contribution in [-0.2, 0) is 11.2 Å². The van der Waals surface area contributed by atoms with Crippen LogP contribution in [0.25, 0.3) is 0 Å². The Labute approximate surface area is 132 Å². The first-order valence-corrected chi connectivity index (χ1v) is 7.80. The van der Waals surface area contributed by atoms with Gasteiger partial charge in [-0.1, -0.05) is 16.7 Å². The summed E-state index contributed by atoms with van der Waals surface area (Å²) in [5, 5.41) is 9.09. The third-order valence-electron chi connectivity index (χ3n) is 2.64. The average molecular weight is 350 g/mol. The van der Waals surface area contributed by atoms with Crippen molar-refractivity contribution in [1.82, 2.24) is 10.2 Å². The molecule has 1 aromatic heterocycles. The van der Waals surface area contributed by atoms with Gasteiger partial charge in [0, 0.05) is 6.92 Å². The van der Waals surface area contributed by atoms with Crippen LogP contribution < -0.4 is 5.32 Å². The predicted octanol–water partition coefficient (Wildman–Crippen LogP) is 2.96. The zero-order valence-corrected chi connectivity index (χ0v) is 13.0. The standard InChI is InChI=1S/C12H10ClF2N3O3S/c1-5-17-18-12(21-5)16-11(19)6-3-4-7(10(14)15)9(8(6)13)22(2)20/h3-4,10H,1-2H3,(H,16,18,19)/t22-/m0/s1. The summed E-state index contributed by atoms with van der Waals surface area (Å²) < 4.78 is 42.5. The van der Waals surface area contributed by atoms with Gasteiger partial charge in [0.25, 0.3) is 12.3 Å². The van der Waals surface area contributed by atoms with Crippen molar-refractivity contribution in [2.45, 2.75) is 18.2 Å². The Balaban J connectivity index is 2.39. The highest BCUT2D eigenvalue weighted by Gasteiger charge is 2.27. The van der Waals surface area contributed by atoms with Gasteiger partial charge in [-0.15, -0.1) is 5.10 Å². The van der Waals surface area contributed by atoms with E-state index in [2.05, 4.69) is 15.5 Å².